The Morgan fingerprint density at radius 1 is 1.07 bits per heavy atom. The third-order valence-corrected chi connectivity index (χ3v) is 4.80. The topological polar surface area (TPSA) is 75.3 Å². The number of aromatic nitrogens is 2. The average Bonchev–Trinajstić information content (AvgIpc) is 3.26. The van der Waals surface area contributed by atoms with Crippen molar-refractivity contribution in [2.75, 3.05) is 13.2 Å². The number of carbonyl (C=O) groups excluding carboxylic acids is 2. The van der Waals surface area contributed by atoms with Gasteiger partial charge in [0.15, 0.2) is 6.61 Å². The molecule has 0 fully saturated rings. The fourth-order valence-electron chi connectivity index (χ4n) is 3.43. The first-order chi connectivity index (χ1) is 13.2. The zero-order chi connectivity index (χ0) is 18.6. The fourth-order valence-corrected chi connectivity index (χ4v) is 3.43. The Bertz CT molecular complexity index is 938. The summed E-state index contributed by atoms with van der Waals surface area (Å²) in [5, 5.41) is 6.24. The first-order valence-corrected chi connectivity index (χ1v) is 8.79. The van der Waals surface area contributed by atoms with Crippen LogP contribution in [0.2, 0.25) is 0 Å². The van der Waals surface area contributed by atoms with Gasteiger partial charge >= 0.3 is 5.97 Å². The monoisotopic (exact) mass is 361 g/mol. The molecule has 0 unspecified atom stereocenters. The van der Waals surface area contributed by atoms with Crippen LogP contribution in [0.15, 0.2) is 66.9 Å². The molecule has 6 nitrogen and oxygen atoms in total. The lowest BCUT2D eigenvalue weighted by atomic mass is 9.84. The van der Waals surface area contributed by atoms with Gasteiger partial charge in [-0.2, -0.15) is 5.10 Å². The van der Waals surface area contributed by atoms with E-state index in [1.807, 2.05) is 36.4 Å². The summed E-state index contributed by atoms with van der Waals surface area (Å²) in [7, 11) is 0. The van der Waals surface area contributed by atoms with Gasteiger partial charge in [0.1, 0.15) is 5.69 Å². The normalized spacial score (nSPS) is 15.9. The third kappa shape index (κ3) is 3.60. The van der Waals surface area contributed by atoms with Gasteiger partial charge < -0.3 is 9.64 Å². The summed E-state index contributed by atoms with van der Waals surface area (Å²) in [6.07, 6.45) is 1.46. The molecule has 2 aromatic carbocycles. The number of rotatable bonds is 4. The van der Waals surface area contributed by atoms with Crippen LogP contribution in [0.5, 0.6) is 0 Å². The van der Waals surface area contributed by atoms with E-state index >= 15 is 0 Å². The number of nitrogens with one attached hydrogen (secondary N) is 1. The van der Waals surface area contributed by atoms with Crippen LogP contribution >= 0.6 is 0 Å². The quantitative estimate of drug-likeness (QED) is 0.725. The van der Waals surface area contributed by atoms with E-state index in [1.54, 1.807) is 4.90 Å². The zero-order valence-corrected chi connectivity index (χ0v) is 14.7. The maximum Gasteiger partial charge on any atom is 0.356 e. The van der Waals surface area contributed by atoms with Gasteiger partial charge in [0.05, 0.1) is 0 Å². The Hall–Kier alpha value is -3.41. The number of aromatic amines is 1. The molecule has 4 rings (SSSR count). The second kappa shape index (κ2) is 7.45. The summed E-state index contributed by atoms with van der Waals surface area (Å²) >= 11 is 0. The summed E-state index contributed by atoms with van der Waals surface area (Å²) in [5.41, 5.74) is 3.75. The molecule has 0 saturated carbocycles. The lowest BCUT2D eigenvalue weighted by Gasteiger charge is -2.35. The Morgan fingerprint density at radius 2 is 1.85 bits per heavy atom. The number of amides is 1. The first kappa shape index (κ1) is 17.0. The van der Waals surface area contributed by atoms with Crippen LogP contribution in [0, 0.1) is 0 Å². The number of carbonyl (C=O) groups is 2. The predicted molar refractivity (Wildman–Crippen MR) is 99.0 cm³/mol. The average molecular weight is 361 g/mol. The van der Waals surface area contributed by atoms with E-state index < -0.39 is 5.97 Å². The number of nitrogens with zero attached hydrogens (tertiary/aromatic N) is 2. The Morgan fingerprint density at radius 3 is 2.63 bits per heavy atom. The Kier molecular flexibility index (Phi) is 4.70. The maximum atomic E-state index is 12.7. The van der Waals surface area contributed by atoms with Gasteiger partial charge in [-0.25, -0.2) is 4.79 Å². The van der Waals surface area contributed by atoms with Crippen molar-refractivity contribution in [2.24, 2.45) is 0 Å². The zero-order valence-electron chi connectivity index (χ0n) is 14.7. The van der Waals surface area contributed by atoms with Gasteiger partial charge in [-0.1, -0.05) is 54.6 Å². The highest BCUT2D eigenvalue weighted by molar-refractivity contribution is 5.89. The summed E-state index contributed by atoms with van der Waals surface area (Å²) < 4.78 is 5.13. The van der Waals surface area contributed by atoms with E-state index in [4.69, 9.17) is 4.74 Å². The standard InChI is InChI=1S/C21H19N3O3/c25-20(14-27-21(26)19-10-11-22-23-19)24-12-16-8-4-5-9-17(16)18(13-24)15-6-2-1-3-7-15/h1-11,18H,12-14H2,(H,22,23)/t18-/m0/s1. The van der Waals surface area contributed by atoms with E-state index in [-0.39, 0.29) is 24.1 Å². The van der Waals surface area contributed by atoms with Crippen molar-refractivity contribution < 1.29 is 14.3 Å². The minimum Gasteiger partial charge on any atom is -0.451 e. The van der Waals surface area contributed by atoms with Crippen LogP contribution < -0.4 is 0 Å². The molecule has 1 atom stereocenters. The van der Waals surface area contributed by atoms with Crippen LogP contribution in [-0.2, 0) is 16.1 Å². The molecular weight excluding hydrogens is 342 g/mol. The Labute approximate surface area is 156 Å². The van der Waals surface area contributed by atoms with Crippen molar-refractivity contribution in [1.29, 1.82) is 0 Å². The number of fused-ring (bicyclic) bond motifs is 1. The molecule has 2 heterocycles. The predicted octanol–water partition coefficient (Wildman–Crippen LogP) is 2.74. The van der Waals surface area contributed by atoms with Crippen molar-refractivity contribution >= 4 is 11.9 Å². The molecule has 1 N–H and O–H groups in total. The number of H-pyrrole nitrogens is 1. The van der Waals surface area contributed by atoms with Crippen molar-refractivity contribution in [3.8, 4) is 0 Å². The SMILES string of the molecule is O=C(OCC(=O)N1Cc2ccccc2[C@H](c2ccccc2)C1)c1ccn[nH]1. The molecule has 136 valence electrons. The molecule has 0 saturated heterocycles. The summed E-state index contributed by atoms with van der Waals surface area (Å²) in [6.45, 7) is 0.781. The van der Waals surface area contributed by atoms with Crippen molar-refractivity contribution in [1.82, 2.24) is 15.1 Å². The fraction of sp³-hybridized carbons (Fsp3) is 0.190. The number of esters is 1. The summed E-state index contributed by atoms with van der Waals surface area (Å²) in [6, 6.07) is 19.8. The van der Waals surface area contributed by atoms with Gasteiger partial charge in [0.2, 0.25) is 0 Å². The molecule has 0 bridgehead atoms. The molecule has 1 aliphatic rings. The maximum absolute atomic E-state index is 12.7. The Balaban J connectivity index is 1.50. The molecule has 0 aliphatic carbocycles. The van der Waals surface area contributed by atoms with Crippen molar-refractivity contribution in [2.45, 2.75) is 12.5 Å². The summed E-state index contributed by atoms with van der Waals surface area (Å²) in [5.74, 6) is -0.695. The number of benzene rings is 2. The molecule has 0 spiro atoms. The number of hydrogen-bond acceptors (Lipinski definition) is 4. The highest BCUT2D eigenvalue weighted by Gasteiger charge is 2.29. The largest absolute Gasteiger partial charge is 0.451 e. The third-order valence-electron chi connectivity index (χ3n) is 4.80. The molecular formula is C21H19N3O3. The van der Waals surface area contributed by atoms with Gasteiger partial charge in [0, 0.05) is 25.2 Å². The van der Waals surface area contributed by atoms with Crippen molar-refractivity contribution in [3.63, 3.8) is 0 Å². The molecule has 3 aromatic rings. The van der Waals surface area contributed by atoms with Crippen LogP contribution in [0.1, 0.15) is 33.1 Å². The van der Waals surface area contributed by atoms with Gasteiger partial charge in [0.25, 0.3) is 5.91 Å². The second-order valence-electron chi connectivity index (χ2n) is 6.48. The van der Waals surface area contributed by atoms with Crippen LogP contribution in [0.4, 0.5) is 0 Å². The van der Waals surface area contributed by atoms with Crippen LogP contribution in [0.25, 0.3) is 0 Å². The number of ether oxygens (including phenoxy) is 1. The first-order valence-electron chi connectivity index (χ1n) is 8.79. The van der Waals surface area contributed by atoms with Gasteiger partial charge in [-0.05, 0) is 22.8 Å². The van der Waals surface area contributed by atoms with Crippen LogP contribution in [0.3, 0.4) is 0 Å². The molecule has 6 heteroatoms. The second-order valence-corrected chi connectivity index (χ2v) is 6.48. The molecule has 27 heavy (non-hydrogen) atoms. The van der Waals surface area contributed by atoms with Crippen LogP contribution in [-0.4, -0.2) is 40.1 Å². The molecule has 1 amide bonds. The van der Waals surface area contributed by atoms with E-state index in [0.29, 0.717) is 13.1 Å². The molecule has 0 radical (unpaired) electrons. The van der Waals surface area contributed by atoms with E-state index in [1.165, 1.54) is 17.8 Å². The van der Waals surface area contributed by atoms with E-state index in [2.05, 4.69) is 28.4 Å². The minimum atomic E-state index is -0.585. The van der Waals surface area contributed by atoms with Gasteiger partial charge in [-0.15, -0.1) is 0 Å². The summed E-state index contributed by atoms with van der Waals surface area (Å²) in [4.78, 5) is 26.3. The smallest absolute Gasteiger partial charge is 0.356 e. The van der Waals surface area contributed by atoms with Gasteiger partial charge in [-0.3, -0.25) is 9.89 Å². The molecule has 1 aliphatic heterocycles. The lowest BCUT2D eigenvalue weighted by molar-refractivity contribution is -0.135. The highest BCUT2D eigenvalue weighted by Crippen LogP contribution is 2.33. The van der Waals surface area contributed by atoms with Crippen molar-refractivity contribution in [3.05, 3.63) is 89.2 Å². The number of hydrogen-bond donors (Lipinski definition) is 1. The lowest BCUT2D eigenvalue weighted by Crippen LogP contribution is -2.40. The minimum absolute atomic E-state index is 0.100. The molecule has 1 aromatic heterocycles. The highest BCUT2D eigenvalue weighted by atomic mass is 16.5. The van der Waals surface area contributed by atoms with E-state index in [0.717, 1.165) is 11.1 Å². The van der Waals surface area contributed by atoms with E-state index in [9.17, 15) is 9.59 Å².